The molecule has 2 heterocycles. The fourth-order valence-electron chi connectivity index (χ4n) is 4.30. The number of aliphatic hydroxyl groups is 1. The number of unbranched alkanes of at least 4 members (excludes halogenated alkanes) is 1. The Hall–Kier alpha value is -4.02. The summed E-state index contributed by atoms with van der Waals surface area (Å²) in [6, 6.07) is 21.0. The molecule has 5 rings (SSSR count). The van der Waals surface area contributed by atoms with Crippen molar-refractivity contribution < 1.29 is 23.8 Å². The second-order valence-electron chi connectivity index (χ2n) is 9.04. The third-order valence-corrected chi connectivity index (χ3v) is 8.47. The van der Waals surface area contributed by atoms with Crippen molar-refractivity contribution in [3.63, 3.8) is 0 Å². The Morgan fingerprint density at radius 3 is 2.48 bits per heavy atom. The van der Waals surface area contributed by atoms with Crippen LogP contribution in [0, 0.1) is 5.82 Å². The van der Waals surface area contributed by atoms with Crippen LogP contribution in [0.4, 0.5) is 9.52 Å². The number of hydrogen-bond acceptors (Lipinski definition) is 8. The summed E-state index contributed by atoms with van der Waals surface area (Å²) in [4.78, 5) is 27.8. The highest BCUT2D eigenvalue weighted by molar-refractivity contribution is 8.00. The highest BCUT2D eigenvalue weighted by Gasteiger charge is 2.49. The fraction of sp³-hybridized carbons (Fsp3) is 0.200. The van der Waals surface area contributed by atoms with E-state index in [0.29, 0.717) is 28.0 Å². The predicted octanol–water partition coefficient (Wildman–Crippen LogP) is 6.77. The van der Waals surface area contributed by atoms with Gasteiger partial charge in [0.25, 0.3) is 5.78 Å². The number of benzene rings is 3. The smallest absolute Gasteiger partial charge is 0.301 e. The van der Waals surface area contributed by atoms with Crippen LogP contribution in [0.1, 0.15) is 42.5 Å². The van der Waals surface area contributed by atoms with Gasteiger partial charge >= 0.3 is 5.91 Å². The Morgan fingerprint density at radius 1 is 1.02 bits per heavy atom. The molecule has 40 heavy (non-hydrogen) atoms. The lowest BCUT2D eigenvalue weighted by Crippen LogP contribution is -2.29. The van der Waals surface area contributed by atoms with E-state index >= 15 is 4.39 Å². The summed E-state index contributed by atoms with van der Waals surface area (Å²) >= 11 is 2.57. The molecule has 1 fully saturated rings. The van der Waals surface area contributed by atoms with Gasteiger partial charge in [-0.3, -0.25) is 14.5 Å². The van der Waals surface area contributed by atoms with Crippen molar-refractivity contribution in [1.82, 2.24) is 10.2 Å². The Kier molecular flexibility index (Phi) is 8.57. The van der Waals surface area contributed by atoms with E-state index in [1.165, 1.54) is 30.0 Å². The van der Waals surface area contributed by atoms with Gasteiger partial charge in [-0.25, -0.2) is 4.39 Å². The molecule has 1 unspecified atom stereocenters. The van der Waals surface area contributed by atoms with E-state index in [9.17, 15) is 14.7 Å². The minimum absolute atomic E-state index is 0.0662. The van der Waals surface area contributed by atoms with Crippen LogP contribution < -0.4 is 9.64 Å². The maximum Gasteiger partial charge on any atom is 0.301 e. The Morgan fingerprint density at radius 2 is 1.75 bits per heavy atom. The molecule has 7 nitrogen and oxygen atoms in total. The fourth-order valence-corrected chi connectivity index (χ4v) is 6.12. The molecule has 3 aromatic carbocycles. The number of carbonyl (C=O) groups is 2. The van der Waals surface area contributed by atoms with E-state index in [4.69, 9.17) is 4.74 Å². The summed E-state index contributed by atoms with van der Waals surface area (Å²) in [5, 5.41) is 19.8. The monoisotopic (exact) mass is 575 g/mol. The minimum atomic E-state index is -1.22. The molecule has 1 N–H and O–H groups in total. The van der Waals surface area contributed by atoms with Crippen LogP contribution in [0.3, 0.4) is 0 Å². The van der Waals surface area contributed by atoms with Gasteiger partial charge in [0.1, 0.15) is 23.4 Å². The predicted molar refractivity (Wildman–Crippen MR) is 154 cm³/mol. The number of ketones is 1. The van der Waals surface area contributed by atoms with Gasteiger partial charge in [-0.05, 0) is 42.3 Å². The molecular weight excluding hydrogens is 549 g/mol. The number of ether oxygens (including phenoxy) is 1. The first kappa shape index (κ1) is 27.5. The lowest BCUT2D eigenvalue weighted by atomic mass is 9.95. The van der Waals surface area contributed by atoms with Crippen molar-refractivity contribution in [3.05, 3.63) is 107 Å². The number of amides is 1. The zero-order valence-electron chi connectivity index (χ0n) is 21.6. The number of aliphatic hydroxyl groups excluding tert-OH is 1. The highest BCUT2D eigenvalue weighted by atomic mass is 32.2. The van der Waals surface area contributed by atoms with Crippen molar-refractivity contribution in [3.8, 4) is 5.75 Å². The molecule has 4 aromatic rings. The highest BCUT2D eigenvalue weighted by Crippen LogP contribution is 2.44. The summed E-state index contributed by atoms with van der Waals surface area (Å²) in [5.74, 6) is -1.60. The molecule has 1 aliphatic heterocycles. The molecule has 0 bridgehead atoms. The van der Waals surface area contributed by atoms with Crippen LogP contribution in [0.5, 0.6) is 5.75 Å². The van der Waals surface area contributed by atoms with Crippen molar-refractivity contribution in [1.29, 1.82) is 0 Å². The maximum atomic E-state index is 15.1. The molecule has 1 amide bonds. The van der Waals surface area contributed by atoms with Crippen LogP contribution in [0.15, 0.2) is 88.8 Å². The molecule has 0 saturated carbocycles. The van der Waals surface area contributed by atoms with E-state index in [2.05, 4.69) is 17.1 Å². The van der Waals surface area contributed by atoms with Gasteiger partial charge in [0.2, 0.25) is 5.13 Å². The number of halogens is 1. The Labute approximate surface area is 239 Å². The second-order valence-corrected chi connectivity index (χ2v) is 11.2. The van der Waals surface area contributed by atoms with E-state index in [1.807, 2.05) is 30.3 Å². The number of carbonyl (C=O) groups excluding carboxylic acids is 2. The maximum absolute atomic E-state index is 15.1. The summed E-state index contributed by atoms with van der Waals surface area (Å²) < 4.78 is 21.4. The largest absolute Gasteiger partial charge is 0.507 e. The number of hydrogen-bond donors (Lipinski definition) is 1. The number of aromatic nitrogens is 2. The quantitative estimate of drug-likeness (QED) is 0.0557. The van der Waals surface area contributed by atoms with Gasteiger partial charge in [0.05, 0.1) is 12.2 Å². The van der Waals surface area contributed by atoms with E-state index in [1.54, 1.807) is 30.3 Å². The lowest BCUT2D eigenvalue weighted by molar-refractivity contribution is -0.132. The van der Waals surface area contributed by atoms with Crippen LogP contribution in [-0.2, 0) is 15.3 Å². The van der Waals surface area contributed by atoms with Crippen molar-refractivity contribution in [2.75, 3.05) is 11.5 Å². The molecule has 0 spiro atoms. The zero-order valence-corrected chi connectivity index (χ0v) is 23.3. The average Bonchev–Trinajstić information content (AvgIpc) is 3.55. The van der Waals surface area contributed by atoms with Crippen molar-refractivity contribution >= 4 is 45.7 Å². The molecule has 0 radical (unpaired) electrons. The number of nitrogens with zero attached hydrogens (tertiary/aromatic N) is 3. The van der Waals surface area contributed by atoms with Gasteiger partial charge in [-0.2, -0.15) is 0 Å². The Balaban J connectivity index is 1.50. The van der Waals surface area contributed by atoms with E-state index in [0.717, 1.165) is 34.6 Å². The molecule has 1 aliphatic rings. The zero-order chi connectivity index (χ0) is 28.1. The van der Waals surface area contributed by atoms with Crippen molar-refractivity contribution in [2.24, 2.45) is 0 Å². The van der Waals surface area contributed by atoms with Crippen LogP contribution in [0.2, 0.25) is 0 Å². The summed E-state index contributed by atoms with van der Waals surface area (Å²) in [6.07, 6.45) is 1.91. The molecular formula is C30H26FN3O4S2. The molecule has 1 aromatic heterocycles. The van der Waals surface area contributed by atoms with Gasteiger partial charge in [-0.15, -0.1) is 10.2 Å². The number of Topliss-reactive ketones (excluding diaryl/α,β-unsaturated/α-hetero) is 1. The van der Waals surface area contributed by atoms with Gasteiger partial charge in [0.15, 0.2) is 4.34 Å². The van der Waals surface area contributed by atoms with Crippen LogP contribution in [-0.4, -0.2) is 33.6 Å². The van der Waals surface area contributed by atoms with E-state index < -0.39 is 29.3 Å². The first-order valence-corrected chi connectivity index (χ1v) is 14.6. The standard InChI is InChI=1S/C30H26FN3O4S2/c1-2-3-17-38-21-15-13-20(14-16-21)26(35)24-25(22-11-7-8-12-23(22)31)34(28(37)27(24)36)29-32-33-30(40-29)39-18-19-9-5-4-6-10-19/h4-16,25,35H,2-3,17-18H2,1H3/b26-24+. The molecule has 10 heteroatoms. The normalized spacial score (nSPS) is 16.4. The number of thioether (sulfide) groups is 1. The SMILES string of the molecule is CCCCOc1ccc(/C(O)=C2\C(=O)C(=O)N(c3nnc(SCc4ccccc4)s3)C2c2ccccc2F)cc1. The topological polar surface area (TPSA) is 92.6 Å². The summed E-state index contributed by atoms with van der Waals surface area (Å²) in [7, 11) is 0. The minimum Gasteiger partial charge on any atom is -0.507 e. The second kappa shape index (κ2) is 12.4. The first-order chi connectivity index (χ1) is 19.5. The number of anilines is 1. The summed E-state index contributed by atoms with van der Waals surface area (Å²) in [6.45, 7) is 2.63. The third kappa shape index (κ3) is 5.78. The number of rotatable bonds is 10. The van der Waals surface area contributed by atoms with Gasteiger partial charge in [-0.1, -0.05) is 85.0 Å². The van der Waals surface area contributed by atoms with Crippen LogP contribution >= 0.6 is 23.1 Å². The molecule has 1 saturated heterocycles. The molecule has 1 atom stereocenters. The van der Waals surface area contributed by atoms with Gasteiger partial charge < -0.3 is 9.84 Å². The van der Waals surface area contributed by atoms with Gasteiger partial charge in [0, 0.05) is 16.9 Å². The van der Waals surface area contributed by atoms with E-state index in [-0.39, 0.29) is 16.3 Å². The van der Waals surface area contributed by atoms with Crippen molar-refractivity contribution in [2.45, 2.75) is 35.9 Å². The summed E-state index contributed by atoms with van der Waals surface area (Å²) in [5.41, 5.74) is 1.25. The average molecular weight is 576 g/mol. The lowest BCUT2D eigenvalue weighted by Gasteiger charge is -2.22. The first-order valence-electron chi connectivity index (χ1n) is 12.8. The molecule has 0 aliphatic carbocycles. The Bertz CT molecular complexity index is 1540. The molecule has 204 valence electrons. The van der Waals surface area contributed by atoms with Crippen LogP contribution in [0.25, 0.3) is 5.76 Å². The third-order valence-electron chi connectivity index (χ3n) is 6.35.